The number of fused-ring (bicyclic) bond motifs is 1. The lowest BCUT2D eigenvalue weighted by Crippen LogP contribution is -2.49. The maximum Gasteiger partial charge on any atom is 0.197 e. The molecule has 3 aromatic rings. The standard InChI is InChI=1S/C34H46N6OS/c1-25-37-28(24-42-25)23-39(29-12-6-3-7-13-29)19-9-15-33(26-10-4-2-5-11-26)40-22-27-20-30(16-17-32(27)38-34(40)35)41-31-14-8-18-36-21-31/h8,14,16-18,20-21,24,26,29,33H,2-7,9-13,15,19,22-23H2,1H3,(H2,35,38)/t33-/m0/s1. The number of nitrogens with two attached hydrogens (primary N) is 1. The molecule has 8 heteroatoms. The van der Waals surface area contributed by atoms with Crippen molar-refractivity contribution in [3.8, 4) is 11.5 Å². The van der Waals surface area contributed by atoms with E-state index in [1.165, 1.54) is 86.9 Å². The van der Waals surface area contributed by atoms with Gasteiger partial charge in [0.1, 0.15) is 11.5 Å². The second-order valence-electron chi connectivity index (χ2n) is 12.4. The fourth-order valence-corrected chi connectivity index (χ4v) is 7.94. The topological polar surface area (TPSA) is 79.9 Å². The maximum absolute atomic E-state index is 6.73. The van der Waals surface area contributed by atoms with Crippen molar-refractivity contribution in [3.05, 3.63) is 64.4 Å². The summed E-state index contributed by atoms with van der Waals surface area (Å²) in [5, 5.41) is 3.42. The summed E-state index contributed by atoms with van der Waals surface area (Å²) in [7, 11) is 0. The van der Waals surface area contributed by atoms with Crippen LogP contribution < -0.4 is 10.5 Å². The largest absolute Gasteiger partial charge is 0.456 e. The Hall–Kier alpha value is -2.97. The van der Waals surface area contributed by atoms with Gasteiger partial charge in [-0.2, -0.15) is 0 Å². The number of guanidine groups is 1. The Morgan fingerprint density at radius 1 is 1.05 bits per heavy atom. The molecule has 2 N–H and O–H groups in total. The highest BCUT2D eigenvalue weighted by atomic mass is 32.1. The van der Waals surface area contributed by atoms with Crippen LogP contribution in [0.5, 0.6) is 11.5 Å². The van der Waals surface area contributed by atoms with Crippen LogP contribution in [0.15, 0.2) is 53.1 Å². The van der Waals surface area contributed by atoms with Crippen molar-refractivity contribution in [2.24, 2.45) is 16.6 Å². The Labute approximate surface area is 255 Å². The number of thiazole rings is 1. The molecule has 0 bridgehead atoms. The summed E-state index contributed by atoms with van der Waals surface area (Å²) in [6.07, 6.45) is 19.1. The molecule has 2 fully saturated rings. The van der Waals surface area contributed by atoms with Crippen LogP contribution in [0.3, 0.4) is 0 Å². The molecule has 2 aromatic heterocycles. The third-order valence-corrected chi connectivity index (χ3v) is 10.3. The van der Waals surface area contributed by atoms with Gasteiger partial charge in [0.25, 0.3) is 0 Å². The number of rotatable bonds is 11. The molecule has 0 spiro atoms. The van der Waals surface area contributed by atoms with Gasteiger partial charge < -0.3 is 15.4 Å². The van der Waals surface area contributed by atoms with Gasteiger partial charge in [-0.05, 0) is 88.2 Å². The monoisotopic (exact) mass is 586 g/mol. The Balaban J connectivity index is 1.17. The van der Waals surface area contributed by atoms with E-state index in [1.54, 1.807) is 23.7 Å². The number of hydrogen-bond donors (Lipinski definition) is 1. The summed E-state index contributed by atoms with van der Waals surface area (Å²) >= 11 is 1.77. The average Bonchev–Trinajstić information content (AvgIpc) is 3.44. The van der Waals surface area contributed by atoms with Gasteiger partial charge in [0.05, 0.1) is 22.6 Å². The zero-order chi connectivity index (χ0) is 28.7. The lowest BCUT2D eigenvalue weighted by atomic mass is 9.81. The van der Waals surface area contributed by atoms with E-state index in [4.69, 9.17) is 20.4 Å². The van der Waals surface area contributed by atoms with Gasteiger partial charge in [0.15, 0.2) is 5.96 Å². The van der Waals surface area contributed by atoms with Crippen molar-refractivity contribution in [3.63, 3.8) is 0 Å². The highest BCUT2D eigenvalue weighted by molar-refractivity contribution is 7.09. The van der Waals surface area contributed by atoms with Crippen LogP contribution in [-0.4, -0.2) is 44.4 Å². The molecule has 1 atom stereocenters. The highest BCUT2D eigenvalue weighted by Crippen LogP contribution is 2.37. The molecule has 2 aliphatic carbocycles. The summed E-state index contributed by atoms with van der Waals surface area (Å²) < 4.78 is 6.11. The van der Waals surface area contributed by atoms with Crippen LogP contribution in [0.1, 0.15) is 93.3 Å². The Kier molecular flexibility index (Phi) is 9.71. The Bertz CT molecular complexity index is 1310. The molecule has 0 radical (unpaired) electrons. The SMILES string of the molecule is Cc1nc(CN(CCC[C@@H](C2CCCCC2)N2Cc3cc(Oc4cccnc4)ccc3N=C2N)C2CCCCC2)cs1. The minimum Gasteiger partial charge on any atom is -0.456 e. The molecule has 224 valence electrons. The molecule has 0 saturated heterocycles. The fourth-order valence-electron chi connectivity index (χ4n) is 7.34. The van der Waals surface area contributed by atoms with E-state index >= 15 is 0 Å². The predicted molar refractivity (Wildman–Crippen MR) is 171 cm³/mol. The number of ether oxygens (including phenoxy) is 1. The van der Waals surface area contributed by atoms with E-state index in [0.29, 0.717) is 24.0 Å². The first-order chi connectivity index (χ1) is 20.6. The van der Waals surface area contributed by atoms with Crippen molar-refractivity contribution in [1.29, 1.82) is 0 Å². The van der Waals surface area contributed by atoms with Gasteiger partial charge in [0.2, 0.25) is 0 Å². The van der Waals surface area contributed by atoms with Gasteiger partial charge in [-0.25, -0.2) is 9.98 Å². The van der Waals surface area contributed by atoms with E-state index in [2.05, 4.69) is 33.2 Å². The van der Waals surface area contributed by atoms with Crippen molar-refractivity contribution in [2.45, 2.75) is 109 Å². The molecule has 3 aliphatic rings. The molecule has 1 aliphatic heterocycles. The summed E-state index contributed by atoms with van der Waals surface area (Å²) in [4.78, 5) is 19.1. The number of pyridine rings is 1. The third kappa shape index (κ3) is 7.32. The molecule has 6 rings (SSSR count). The van der Waals surface area contributed by atoms with Gasteiger partial charge in [-0.1, -0.05) is 38.5 Å². The van der Waals surface area contributed by atoms with E-state index in [-0.39, 0.29) is 0 Å². The quantitative estimate of drug-likeness (QED) is 0.245. The molecular formula is C34H46N6OS. The van der Waals surface area contributed by atoms with Gasteiger partial charge >= 0.3 is 0 Å². The Morgan fingerprint density at radius 2 is 1.86 bits per heavy atom. The smallest absolute Gasteiger partial charge is 0.197 e. The first kappa shape index (κ1) is 29.1. The van der Waals surface area contributed by atoms with Crippen molar-refractivity contribution in [2.75, 3.05) is 6.54 Å². The van der Waals surface area contributed by atoms with Crippen LogP contribution in [0.25, 0.3) is 0 Å². The number of benzene rings is 1. The molecular weight excluding hydrogens is 540 g/mol. The van der Waals surface area contributed by atoms with Crippen LogP contribution in [0.4, 0.5) is 5.69 Å². The maximum atomic E-state index is 6.73. The zero-order valence-corrected chi connectivity index (χ0v) is 25.9. The van der Waals surface area contributed by atoms with Gasteiger partial charge in [-0.15, -0.1) is 11.3 Å². The highest BCUT2D eigenvalue weighted by Gasteiger charge is 2.33. The van der Waals surface area contributed by atoms with E-state index < -0.39 is 0 Å². The van der Waals surface area contributed by atoms with E-state index in [1.807, 2.05) is 24.3 Å². The number of nitrogens with zero attached hydrogens (tertiary/aromatic N) is 5. The normalized spacial score (nSPS) is 19.0. The fraction of sp³-hybridized carbons (Fsp3) is 0.559. The molecule has 0 unspecified atom stereocenters. The summed E-state index contributed by atoms with van der Waals surface area (Å²) in [5.41, 5.74) is 10.1. The van der Waals surface area contributed by atoms with Crippen molar-refractivity contribution < 1.29 is 4.74 Å². The molecule has 2 saturated carbocycles. The second kappa shape index (κ2) is 14.0. The number of aliphatic imine (C=N–C) groups is 1. The van der Waals surface area contributed by atoms with E-state index in [0.717, 1.165) is 43.2 Å². The molecule has 1 aromatic carbocycles. The lowest BCUT2D eigenvalue weighted by Gasteiger charge is -2.42. The molecule has 3 heterocycles. The minimum atomic E-state index is 0.403. The zero-order valence-electron chi connectivity index (χ0n) is 25.1. The van der Waals surface area contributed by atoms with Crippen LogP contribution in [-0.2, 0) is 13.1 Å². The molecule has 42 heavy (non-hydrogen) atoms. The molecule has 7 nitrogen and oxygen atoms in total. The van der Waals surface area contributed by atoms with Gasteiger partial charge in [-0.3, -0.25) is 9.88 Å². The first-order valence-electron chi connectivity index (χ1n) is 16.1. The van der Waals surface area contributed by atoms with Crippen LogP contribution in [0, 0.1) is 12.8 Å². The Morgan fingerprint density at radius 3 is 2.60 bits per heavy atom. The van der Waals surface area contributed by atoms with Crippen LogP contribution >= 0.6 is 11.3 Å². The molecule has 0 amide bonds. The summed E-state index contributed by atoms with van der Waals surface area (Å²) in [6, 6.07) is 11.0. The third-order valence-electron chi connectivity index (χ3n) is 9.45. The van der Waals surface area contributed by atoms with E-state index in [9.17, 15) is 0 Å². The number of aromatic nitrogens is 2. The summed E-state index contributed by atoms with van der Waals surface area (Å²) in [5.74, 6) is 2.88. The second-order valence-corrected chi connectivity index (χ2v) is 13.5. The van der Waals surface area contributed by atoms with Crippen molar-refractivity contribution >= 4 is 23.0 Å². The van der Waals surface area contributed by atoms with Crippen molar-refractivity contribution in [1.82, 2.24) is 19.8 Å². The lowest BCUT2D eigenvalue weighted by molar-refractivity contribution is 0.125. The van der Waals surface area contributed by atoms with Crippen LogP contribution in [0.2, 0.25) is 0 Å². The summed E-state index contributed by atoms with van der Waals surface area (Å²) in [6.45, 7) is 4.99. The number of aryl methyl sites for hydroxylation is 1. The average molecular weight is 587 g/mol. The first-order valence-corrected chi connectivity index (χ1v) is 17.0. The predicted octanol–water partition coefficient (Wildman–Crippen LogP) is 7.96. The minimum absolute atomic E-state index is 0.403. The number of hydrogen-bond acceptors (Lipinski definition) is 8. The van der Waals surface area contributed by atoms with Gasteiger partial charge in [0, 0.05) is 42.3 Å².